The van der Waals surface area contributed by atoms with Crippen LogP contribution < -0.4 is 10.6 Å². The second-order valence-corrected chi connectivity index (χ2v) is 6.46. The van der Waals surface area contributed by atoms with Gasteiger partial charge in [-0.1, -0.05) is 11.6 Å². The summed E-state index contributed by atoms with van der Waals surface area (Å²) in [6.45, 7) is 5.06. The summed E-state index contributed by atoms with van der Waals surface area (Å²) in [6.07, 6.45) is 2.66. The van der Waals surface area contributed by atoms with Crippen LogP contribution in [0.15, 0.2) is 30.5 Å². The molecule has 0 bridgehead atoms. The fourth-order valence-corrected chi connectivity index (χ4v) is 2.61. The summed E-state index contributed by atoms with van der Waals surface area (Å²) in [4.78, 5) is 12.2. The highest BCUT2D eigenvalue weighted by Gasteiger charge is 2.31. The van der Waals surface area contributed by atoms with E-state index in [9.17, 15) is 4.79 Å². The Morgan fingerprint density at radius 2 is 2.13 bits per heavy atom. The largest absolute Gasteiger partial charge is 0.379 e. The number of ether oxygens (including phenoxy) is 1. The fraction of sp³-hybridized carbons (Fsp3) is 0.375. The molecule has 1 saturated heterocycles. The number of halogens is 1. The Balaban J connectivity index is 1.71. The Kier molecular flexibility index (Phi) is 4.28. The molecule has 1 aliphatic rings. The molecule has 2 heterocycles. The molecule has 2 aromatic rings. The summed E-state index contributed by atoms with van der Waals surface area (Å²) in [7, 11) is 0. The first-order chi connectivity index (χ1) is 11.0. The third kappa shape index (κ3) is 3.65. The molecule has 6 nitrogen and oxygen atoms in total. The summed E-state index contributed by atoms with van der Waals surface area (Å²) in [5.41, 5.74) is 1.43. The Hall–Kier alpha value is -2.05. The average Bonchev–Trinajstić information content (AvgIpc) is 3.07. The molecule has 2 N–H and O–H groups in total. The Bertz CT molecular complexity index is 705. The Morgan fingerprint density at radius 3 is 2.78 bits per heavy atom. The number of rotatable bonds is 3. The topological polar surface area (TPSA) is 68.2 Å². The number of aromatic nitrogens is 2. The number of hydrogen-bond donors (Lipinski definition) is 2. The molecule has 122 valence electrons. The standard InChI is InChI=1S/C16H19ClN4O2/c1-11-9-21(13-5-3-12(17)4-6-13)20-14(11)18-15(22)19-16(2)7-8-23-10-16/h3-6,9H,7-8,10H2,1-2H3,(H2,18,19,20,22). The normalized spacial score (nSPS) is 20.5. The van der Waals surface area contributed by atoms with Crippen LogP contribution in [-0.4, -0.2) is 34.6 Å². The van der Waals surface area contributed by atoms with Crippen molar-refractivity contribution in [1.82, 2.24) is 15.1 Å². The van der Waals surface area contributed by atoms with E-state index < -0.39 is 0 Å². The Morgan fingerprint density at radius 1 is 1.39 bits per heavy atom. The van der Waals surface area contributed by atoms with Crippen LogP contribution in [0.4, 0.5) is 10.6 Å². The van der Waals surface area contributed by atoms with Crippen LogP contribution in [0.25, 0.3) is 5.69 Å². The third-order valence-corrected chi connectivity index (χ3v) is 4.11. The maximum atomic E-state index is 12.2. The minimum Gasteiger partial charge on any atom is -0.379 e. The van der Waals surface area contributed by atoms with E-state index in [0.717, 1.165) is 17.7 Å². The quantitative estimate of drug-likeness (QED) is 0.906. The van der Waals surface area contributed by atoms with Crippen molar-refractivity contribution in [2.24, 2.45) is 0 Å². The van der Waals surface area contributed by atoms with Crippen LogP contribution in [0.5, 0.6) is 0 Å². The molecule has 0 aliphatic carbocycles. The van der Waals surface area contributed by atoms with Crippen LogP contribution >= 0.6 is 11.6 Å². The molecule has 1 unspecified atom stereocenters. The van der Waals surface area contributed by atoms with Crippen molar-refractivity contribution in [1.29, 1.82) is 0 Å². The lowest BCUT2D eigenvalue weighted by Crippen LogP contribution is -2.48. The van der Waals surface area contributed by atoms with Gasteiger partial charge in [-0.3, -0.25) is 5.32 Å². The third-order valence-electron chi connectivity index (χ3n) is 3.85. The van der Waals surface area contributed by atoms with E-state index in [0.29, 0.717) is 24.1 Å². The minimum atomic E-state index is -0.323. The van der Waals surface area contributed by atoms with Gasteiger partial charge in [-0.05, 0) is 44.5 Å². The summed E-state index contributed by atoms with van der Waals surface area (Å²) in [5.74, 6) is 0.528. The lowest BCUT2D eigenvalue weighted by atomic mass is 10.0. The monoisotopic (exact) mass is 334 g/mol. The highest BCUT2D eigenvalue weighted by molar-refractivity contribution is 6.30. The first-order valence-corrected chi connectivity index (χ1v) is 7.82. The van der Waals surface area contributed by atoms with E-state index in [1.165, 1.54) is 0 Å². The lowest BCUT2D eigenvalue weighted by Gasteiger charge is -2.23. The van der Waals surface area contributed by atoms with Crippen molar-refractivity contribution in [2.45, 2.75) is 25.8 Å². The van der Waals surface area contributed by atoms with Crippen LogP contribution in [-0.2, 0) is 4.74 Å². The van der Waals surface area contributed by atoms with E-state index >= 15 is 0 Å². The number of carbonyl (C=O) groups excluding carboxylic acids is 1. The van der Waals surface area contributed by atoms with Gasteiger partial charge in [0.05, 0.1) is 17.8 Å². The van der Waals surface area contributed by atoms with Gasteiger partial charge in [-0.15, -0.1) is 5.10 Å². The van der Waals surface area contributed by atoms with Crippen LogP contribution in [0.1, 0.15) is 18.9 Å². The summed E-state index contributed by atoms with van der Waals surface area (Å²) in [5, 5.41) is 10.8. The molecule has 3 rings (SSSR count). The van der Waals surface area contributed by atoms with Gasteiger partial charge in [0.1, 0.15) is 0 Å². The number of aryl methyl sites for hydroxylation is 1. The highest BCUT2D eigenvalue weighted by atomic mass is 35.5. The summed E-state index contributed by atoms with van der Waals surface area (Å²) >= 11 is 5.89. The van der Waals surface area contributed by atoms with Crippen molar-refractivity contribution in [3.8, 4) is 5.69 Å². The van der Waals surface area contributed by atoms with E-state index in [1.807, 2.05) is 32.2 Å². The first kappa shape index (κ1) is 15.8. The van der Waals surface area contributed by atoms with E-state index in [-0.39, 0.29) is 11.6 Å². The smallest absolute Gasteiger partial charge is 0.320 e. The number of nitrogens with one attached hydrogen (secondary N) is 2. The number of carbonyl (C=O) groups is 1. The van der Waals surface area contributed by atoms with Gasteiger partial charge < -0.3 is 10.1 Å². The molecular weight excluding hydrogens is 316 g/mol. The van der Waals surface area contributed by atoms with Crippen molar-refractivity contribution >= 4 is 23.4 Å². The molecule has 1 atom stereocenters. The minimum absolute atomic E-state index is 0.276. The number of urea groups is 1. The molecule has 1 fully saturated rings. The van der Waals surface area contributed by atoms with Crippen LogP contribution in [0, 0.1) is 6.92 Å². The van der Waals surface area contributed by atoms with Gasteiger partial charge >= 0.3 is 6.03 Å². The maximum absolute atomic E-state index is 12.2. The zero-order valence-electron chi connectivity index (χ0n) is 13.1. The molecule has 1 aromatic carbocycles. The van der Waals surface area contributed by atoms with Gasteiger partial charge in [0.15, 0.2) is 5.82 Å². The van der Waals surface area contributed by atoms with Gasteiger partial charge in [0.25, 0.3) is 0 Å². The number of nitrogens with zero attached hydrogens (tertiary/aromatic N) is 2. The zero-order chi connectivity index (χ0) is 16.4. The first-order valence-electron chi connectivity index (χ1n) is 7.44. The molecule has 0 saturated carbocycles. The molecular formula is C16H19ClN4O2. The van der Waals surface area contributed by atoms with Crippen LogP contribution in [0.3, 0.4) is 0 Å². The average molecular weight is 335 g/mol. The van der Waals surface area contributed by atoms with E-state index in [1.54, 1.807) is 16.8 Å². The van der Waals surface area contributed by atoms with Gasteiger partial charge in [-0.2, -0.15) is 0 Å². The molecule has 0 spiro atoms. The van der Waals surface area contributed by atoms with Crippen molar-refractivity contribution in [3.05, 3.63) is 41.0 Å². The van der Waals surface area contributed by atoms with Gasteiger partial charge in [-0.25, -0.2) is 9.48 Å². The molecule has 1 aliphatic heterocycles. The molecule has 2 amide bonds. The second-order valence-electron chi connectivity index (χ2n) is 6.02. The van der Waals surface area contributed by atoms with Crippen LogP contribution in [0.2, 0.25) is 5.02 Å². The van der Waals surface area contributed by atoms with Gasteiger partial charge in [0.2, 0.25) is 0 Å². The highest BCUT2D eigenvalue weighted by Crippen LogP contribution is 2.20. The predicted molar refractivity (Wildman–Crippen MR) is 89.3 cm³/mol. The zero-order valence-corrected chi connectivity index (χ0v) is 13.9. The predicted octanol–water partition coefficient (Wildman–Crippen LogP) is 3.13. The number of benzene rings is 1. The SMILES string of the molecule is Cc1cn(-c2ccc(Cl)cc2)nc1NC(=O)NC1(C)CCOC1. The Labute approximate surface area is 139 Å². The van der Waals surface area contributed by atoms with Gasteiger partial charge in [0, 0.05) is 23.4 Å². The van der Waals surface area contributed by atoms with Crippen molar-refractivity contribution < 1.29 is 9.53 Å². The summed E-state index contributed by atoms with van der Waals surface area (Å²) < 4.78 is 7.04. The number of hydrogen-bond acceptors (Lipinski definition) is 3. The maximum Gasteiger partial charge on any atom is 0.320 e. The van der Waals surface area contributed by atoms with E-state index in [2.05, 4.69) is 15.7 Å². The lowest BCUT2D eigenvalue weighted by molar-refractivity contribution is 0.172. The van der Waals surface area contributed by atoms with Crippen molar-refractivity contribution in [3.63, 3.8) is 0 Å². The molecule has 23 heavy (non-hydrogen) atoms. The molecule has 1 aromatic heterocycles. The van der Waals surface area contributed by atoms with E-state index in [4.69, 9.17) is 16.3 Å². The van der Waals surface area contributed by atoms with Crippen molar-refractivity contribution in [2.75, 3.05) is 18.5 Å². The number of amides is 2. The molecule has 0 radical (unpaired) electrons. The fourth-order valence-electron chi connectivity index (χ4n) is 2.49. The summed E-state index contributed by atoms with van der Waals surface area (Å²) in [6, 6.07) is 7.07. The number of anilines is 1. The molecule has 7 heteroatoms. The second kappa shape index (κ2) is 6.22.